The highest BCUT2D eigenvalue weighted by Gasteiger charge is 2.44. The molecule has 0 bridgehead atoms. The van der Waals surface area contributed by atoms with E-state index in [4.69, 9.17) is 5.73 Å². The minimum absolute atomic E-state index is 0.211. The van der Waals surface area contributed by atoms with Crippen molar-refractivity contribution >= 4 is 0 Å². The highest BCUT2D eigenvalue weighted by atomic mass is 15.5. The van der Waals surface area contributed by atoms with Crippen molar-refractivity contribution in [2.75, 3.05) is 0 Å². The normalized spacial score (nSPS) is 12.8. The van der Waals surface area contributed by atoms with E-state index in [0.717, 1.165) is 22.4 Å². The van der Waals surface area contributed by atoms with E-state index in [2.05, 4.69) is 72.7 Å². The quantitative estimate of drug-likeness (QED) is 0.525. The van der Waals surface area contributed by atoms with Crippen LogP contribution in [0, 0.1) is 5.92 Å². The zero-order valence-corrected chi connectivity index (χ0v) is 16.8. The fourth-order valence-corrected chi connectivity index (χ4v) is 4.01. The zero-order valence-electron chi connectivity index (χ0n) is 16.8. The summed E-state index contributed by atoms with van der Waals surface area (Å²) in [5.74, 6) is 0.222. The van der Waals surface area contributed by atoms with Crippen LogP contribution in [-0.2, 0) is 5.54 Å². The molecule has 2 N–H and O–H groups in total. The Bertz CT molecular complexity index is 1000. The topological polar surface area (TPSA) is 56.7 Å². The lowest BCUT2D eigenvalue weighted by Crippen LogP contribution is -2.54. The lowest BCUT2D eigenvalue weighted by Gasteiger charge is -2.41. The van der Waals surface area contributed by atoms with Gasteiger partial charge in [-0.2, -0.15) is 0 Å². The minimum atomic E-state index is -0.670. The molecule has 0 aliphatic rings. The van der Waals surface area contributed by atoms with E-state index >= 15 is 0 Å². The van der Waals surface area contributed by atoms with Gasteiger partial charge in [0.25, 0.3) is 0 Å². The van der Waals surface area contributed by atoms with Gasteiger partial charge in [-0.05, 0) is 17.0 Å². The highest BCUT2D eigenvalue weighted by molar-refractivity contribution is 5.57. The van der Waals surface area contributed by atoms with Crippen molar-refractivity contribution in [1.82, 2.24) is 15.0 Å². The van der Waals surface area contributed by atoms with Gasteiger partial charge in [-0.25, -0.2) is 4.68 Å². The van der Waals surface area contributed by atoms with Crippen molar-refractivity contribution in [3.05, 3.63) is 108 Å². The second-order valence-electron chi connectivity index (χ2n) is 7.68. The monoisotopic (exact) mass is 382 g/mol. The van der Waals surface area contributed by atoms with Crippen LogP contribution in [0.15, 0.2) is 97.2 Å². The molecule has 1 heterocycles. The molecule has 0 saturated carbocycles. The van der Waals surface area contributed by atoms with E-state index < -0.39 is 5.54 Å². The first-order valence-electron chi connectivity index (χ1n) is 9.99. The zero-order chi connectivity index (χ0) is 20.3. The standard InChI is InChI=1S/C25H26N4/c1-19(2)24(26)25(21-14-8-4-9-15-21,22-16-10-5-11-17-22)29-18-23(27-28-29)20-12-6-3-7-13-20/h3-19,24H,26H2,1-2H3/t24-/m0/s1. The Kier molecular flexibility index (Phi) is 5.28. The molecular weight excluding hydrogens is 356 g/mol. The fraction of sp³-hybridized carbons (Fsp3) is 0.200. The Balaban J connectivity index is 1.99. The summed E-state index contributed by atoms with van der Waals surface area (Å²) >= 11 is 0. The lowest BCUT2D eigenvalue weighted by molar-refractivity contribution is 0.259. The molecule has 3 aromatic carbocycles. The van der Waals surface area contributed by atoms with Crippen molar-refractivity contribution in [2.45, 2.75) is 25.4 Å². The van der Waals surface area contributed by atoms with Crippen LogP contribution in [0.1, 0.15) is 25.0 Å². The molecule has 0 aliphatic carbocycles. The maximum absolute atomic E-state index is 6.95. The highest BCUT2D eigenvalue weighted by Crippen LogP contribution is 2.39. The summed E-state index contributed by atoms with van der Waals surface area (Å²) in [6.07, 6.45) is 2.01. The molecule has 146 valence electrons. The number of rotatable bonds is 6. The molecule has 0 aliphatic heterocycles. The third-order valence-corrected chi connectivity index (χ3v) is 5.55. The summed E-state index contributed by atoms with van der Waals surface area (Å²) in [7, 11) is 0. The predicted molar refractivity (Wildman–Crippen MR) is 117 cm³/mol. The summed E-state index contributed by atoms with van der Waals surface area (Å²) in [6.45, 7) is 4.31. The van der Waals surface area contributed by atoms with Crippen molar-refractivity contribution in [1.29, 1.82) is 0 Å². The third-order valence-electron chi connectivity index (χ3n) is 5.55. The second-order valence-corrected chi connectivity index (χ2v) is 7.68. The van der Waals surface area contributed by atoms with Crippen LogP contribution in [0.4, 0.5) is 0 Å². The molecule has 0 spiro atoms. The average molecular weight is 383 g/mol. The van der Waals surface area contributed by atoms with Crippen LogP contribution in [0.3, 0.4) is 0 Å². The molecule has 4 rings (SSSR count). The van der Waals surface area contributed by atoms with Crippen molar-refractivity contribution in [2.24, 2.45) is 11.7 Å². The molecule has 0 unspecified atom stereocenters. The van der Waals surface area contributed by atoms with Gasteiger partial charge in [0.15, 0.2) is 0 Å². The number of benzene rings is 3. The first-order valence-corrected chi connectivity index (χ1v) is 9.99. The van der Waals surface area contributed by atoms with Crippen LogP contribution in [0.5, 0.6) is 0 Å². The van der Waals surface area contributed by atoms with Crippen LogP contribution in [0.2, 0.25) is 0 Å². The largest absolute Gasteiger partial charge is 0.325 e. The molecule has 0 radical (unpaired) electrons. The number of nitrogens with zero attached hydrogens (tertiary/aromatic N) is 3. The maximum atomic E-state index is 6.95. The van der Waals surface area contributed by atoms with E-state index in [1.165, 1.54) is 0 Å². The van der Waals surface area contributed by atoms with Gasteiger partial charge >= 0.3 is 0 Å². The summed E-state index contributed by atoms with van der Waals surface area (Å²) in [5, 5.41) is 9.11. The van der Waals surface area contributed by atoms with Crippen molar-refractivity contribution in [3.63, 3.8) is 0 Å². The number of hydrogen-bond donors (Lipinski definition) is 1. The first-order chi connectivity index (χ1) is 14.1. The Hall–Kier alpha value is -3.24. The maximum Gasteiger partial charge on any atom is 0.130 e. The van der Waals surface area contributed by atoms with Crippen LogP contribution in [-0.4, -0.2) is 21.0 Å². The summed E-state index contributed by atoms with van der Waals surface area (Å²) in [5.41, 5.74) is 10.3. The average Bonchev–Trinajstić information content (AvgIpc) is 3.27. The van der Waals surface area contributed by atoms with Crippen LogP contribution in [0.25, 0.3) is 11.3 Å². The van der Waals surface area contributed by atoms with E-state index in [1.807, 2.05) is 53.3 Å². The lowest BCUT2D eigenvalue weighted by atomic mass is 9.73. The molecule has 4 aromatic rings. The molecule has 0 amide bonds. The van der Waals surface area contributed by atoms with E-state index in [1.54, 1.807) is 0 Å². The van der Waals surface area contributed by atoms with Gasteiger partial charge in [-0.1, -0.05) is 110 Å². The molecule has 1 aromatic heterocycles. The summed E-state index contributed by atoms with van der Waals surface area (Å²) < 4.78 is 1.95. The van der Waals surface area contributed by atoms with Gasteiger partial charge in [-0.15, -0.1) is 5.10 Å². The SMILES string of the molecule is CC(C)[C@H](N)C(c1ccccc1)(c1ccccc1)n1cc(-c2ccccc2)nn1. The van der Waals surface area contributed by atoms with Crippen molar-refractivity contribution < 1.29 is 0 Å². The Morgan fingerprint density at radius 1 is 0.759 bits per heavy atom. The summed E-state index contributed by atoms with van der Waals surface area (Å²) in [6, 6.07) is 30.6. The fourth-order valence-electron chi connectivity index (χ4n) is 4.01. The van der Waals surface area contributed by atoms with Gasteiger partial charge in [0, 0.05) is 11.6 Å². The summed E-state index contributed by atoms with van der Waals surface area (Å²) in [4.78, 5) is 0. The van der Waals surface area contributed by atoms with Gasteiger partial charge in [-0.3, -0.25) is 0 Å². The van der Waals surface area contributed by atoms with Gasteiger partial charge in [0.2, 0.25) is 0 Å². The van der Waals surface area contributed by atoms with E-state index in [0.29, 0.717) is 0 Å². The van der Waals surface area contributed by atoms with Gasteiger partial charge < -0.3 is 5.73 Å². The second kappa shape index (κ2) is 8.02. The van der Waals surface area contributed by atoms with Crippen LogP contribution < -0.4 is 5.73 Å². The molecule has 4 heteroatoms. The predicted octanol–water partition coefficient (Wildman–Crippen LogP) is 4.72. The number of hydrogen-bond acceptors (Lipinski definition) is 3. The molecular formula is C25H26N4. The van der Waals surface area contributed by atoms with Gasteiger partial charge in [0.1, 0.15) is 11.2 Å². The third kappa shape index (κ3) is 3.36. The smallest absolute Gasteiger partial charge is 0.130 e. The first kappa shape index (κ1) is 19.1. The molecule has 0 saturated heterocycles. The molecule has 0 fully saturated rings. The van der Waals surface area contributed by atoms with Crippen molar-refractivity contribution in [3.8, 4) is 11.3 Å². The Labute approximate surface area is 172 Å². The Morgan fingerprint density at radius 2 is 1.24 bits per heavy atom. The van der Waals surface area contributed by atoms with E-state index in [9.17, 15) is 0 Å². The number of nitrogens with two attached hydrogens (primary N) is 1. The van der Waals surface area contributed by atoms with Gasteiger partial charge in [0.05, 0.1) is 6.20 Å². The molecule has 1 atom stereocenters. The Morgan fingerprint density at radius 3 is 1.72 bits per heavy atom. The number of aromatic nitrogens is 3. The minimum Gasteiger partial charge on any atom is -0.325 e. The van der Waals surface area contributed by atoms with Crippen LogP contribution >= 0.6 is 0 Å². The van der Waals surface area contributed by atoms with E-state index in [-0.39, 0.29) is 12.0 Å². The molecule has 29 heavy (non-hydrogen) atoms. The molecule has 4 nitrogen and oxygen atoms in total.